The number of rotatable bonds is 8. The second kappa shape index (κ2) is 10.2. The van der Waals surface area contributed by atoms with Gasteiger partial charge in [0.1, 0.15) is 0 Å². The van der Waals surface area contributed by atoms with Crippen LogP contribution in [0.4, 0.5) is 17.6 Å². The van der Waals surface area contributed by atoms with E-state index in [1.54, 1.807) is 6.92 Å². The standard InChI is InChI=1S/C24H34F4O2/c1-3-5-16-6-9-18(10-7-16)19-11-8-17(14-24(19,27)28)15-30-21-13-12-20(29-4-2)22(25)23(21)26/h12-13,16-19H,3-11,14-15H2,1-2H3. The molecule has 2 aliphatic carbocycles. The van der Waals surface area contributed by atoms with Gasteiger partial charge in [0.15, 0.2) is 11.5 Å². The first-order valence-corrected chi connectivity index (χ1v) is 11.5. The van der Waals surface area contributed by atoms with Gasteiger partial charge < -0.3 is 9.47 Å². The van der Waals surface area contributed by atoms with Crippen LogP contribution in [0.1, 0.15) is 71.6 Å². The number of benzene rings is 1. The van der Waals surface area contributed by atoms with Crippen molar-refractivity contribution in [2.24, 2.45) is 23.7 Å². The third-order valence-electron chi connectivity index (χ3n) is 6.93. The van der Waals surface area contributed by atoms with E-state index in [9.17, 15) is 17.6 Å². The molecule has 30 heavy (non-hydrogen) atoms. The molecule has 0 radical (unpaired) electrons. The molecule has 2 unspecified atom stereocenters. The quantitative estimate of drug-likeness (QED) is 0.400. The first-order chi connectivity index (χ1) is 14.4. The Balaban J connectivity index is 1.53. The topological polar surface area (TPSA) is 18.5 Å². The Labute approximate surface area is 177 Å². The summed E-state index contributed by atoms with van der Waals surface area (Å²) >= 11 is 0. The maximum Gasteiger partial charge on any atom is 0.251 e. The third-order valence-corrected chi connectivity index (χ3v) is 6.93. The largest absolute Gasteiger partial charge is 0.491 e. The normalized spacial score (nSPS) is 28.9. The molecule has 0 heterocycles. The summed E-state index contributed by atoms with van der Waals surface area (Å²) in [5.74, 6) is -5.51. The molecule has 2 fully saturated rings. The molecule has 0 aromatic heterocycles. The van der Waals surface area contributed by atoms with Crippen LogP contribution in [0.5, 0.6) is 11.5 Å². The maximum atomic E-state index is 14.9. The molecule has 0 N–H and O–H groups in total. The van der Waals surface area contributed by atoms with Crippen LogP contribution in [0, 0.1) is 35.3 Å². The van der Waals surface area contributed by atoms with Gasteiger partial charge in [0.2, 0.25) is 11.6 Å². The van der Waals surface area contributed by atoms with Gasteiger partial charge in [-0.05, 0) is 62.5 Å². The SMILES string of the molecule is CCCC1CCC(C2CCC(COc3ccc(OCC)c(F)c3F)CC2(F)F)CC1. The van der Waals surface area contributed by atoms with Crippen LogP contribution in [-0.4, -0.2) is 19.1 Å². The summed E-state index contributed by atoms with van der Waals surface area (Å²) in [5, 5.41) is 0. The van der Waals surface area contributed by atoms with Crippen LogP contribution in [0.15, 0.2) is 12.1 Å². The van der Waals surface area contributed by atoms with Crippen LogP contribution in [-0.2, 0) is 0 Å². The molecule has 1 aromatic rings. The summed E-state index contributed by atoms with van der Waals surface area (Å²) in [6, 6.07) is 2.60. The highest BCUT2D eigenvalue weighted by atomic mass is 19.3. The third kappa shape index (κ3) is 5.42. The molecular weight excluding hydrogens is 396 g/mol. The predicted octanol–water partition coefficient (Wildman–Crippen LogP) is 7.40. The highest BCUT2D eigenvalue weighted by Gasteiger charge is 2.48. The molecule has 3 rings (SSSR count). The lowest BCUT2D eigenvalue weighted by Crippen LogP contribution is -2.42. The van der Waals surface area contributed by atoms with Crippen LogP contribution in [0.2, 0.25) is 0 Å². The van der Waals surface area contributed by atoms with E-state index in [-0.39, 0.29) is 43.0 Å². The second-order valence-electron chi connectivity index (χ2n) is 9.02. The fourth-order valence-corrected chi connectivity index (χ4v) is 5.38. The molecule has 2 saturated carbocycles. The predicted molar refractivity (Wildman–Crippen MR) is 109 cm³/mol. The van der Waals surface area contributed by atoms with E-state index in [0.29, 0.717) is 18.8 Å². The monoisotopic (exact) mass is 430 g/mol. The van der Waals surface area contributed by atoms with Crippen molar-refractivity contribution in [3.05, 3.63) is 23.8 Å². The average molecular weight is 431 g/mol. The molecule has 0 saturated heterocycles. The van der Waals surface area contributed by atoms with Crippen molar-refractivity contribution in [1.29, 1.82) is 0 Å². The summed E-state index contributed by atoms with van der Waals surface area (Å²) in [4.78, 5) is 0. The molecule has 0 amide bonds. The number of hydrogen-bond donors (Lipinski definition) is 0. The summed E-state index contributed by atoms with van der Waals surface area (Å²) < 4.78 is 68.4. The van der Waals surface area contributed by atoms with Gasteiger partial charge in [-0.1, -0.05) is 32.6 Å². The Morgan fingerprint density at radius 3 is 2.03 bits per heavy atom. The fraction of sp³-hybridized carbons (Fsp3) is 0.750. The zero-order valence-corrected chi connectivity index (χ0v) is 18.1. The zero-order valence-electron chi connectivity index (χ0n) is 18.1. The number of ether oxygens (including phenoxy) is 2. The van der Waals surface area contributed by atoms with Crippen LogP contribution >= 0.6 is 0 Å². The molecule has 1 aromatic carbocycles. The highest BCUT2D eigenvalue weighted by Crippen LogP contribution is 2.49. The number of hydrogen-bond acceptors (Lipinski definition) is 2. The van der Waals surface area contributed by atoms with Crippen molar-refractivity contribution in [1.82, 2.24) is 0 Å². The Kier molecular flexibility index (Phi) is 7.92. The number of halogens is 4. The Morgan fingerprint density at radius 1 is 0.867 bits per heavy atom. The first-order valence-electron chi connectivity index (χ1n) is 11.5. The van der Waals surface area contributed by atoms with E-state index < -0.39 is 23.5 Å². The zero-order chi connectivity index (χ0) is 21.7. The molecule has 0 bridgehead atoms. The minimum atomic E-state index is -2.73. The molecule has 6 heteroatoms. The second-order valence-corrected chi connectivity index (χ2v) is 9.02. The Morgan fingerprint density at radius 2 is 1.47 bits per heavy atom. The minimum absolute atomic E-state index is 0.0319. The van der Waals surface area contributed by atoms with Crippen LogP contribution < -0.4 is 9.47 Å². The van der Waals surface area contributed by atoms with Crippen LogP contribution in [0.25, 0.3) is 0 Å². The Bertz CT molecular complexity index is 686. The van der Waals surface area contributed by atoms with E-state index in [2.05, 4.69) is 6.92 Å². The molecule has 2 nitrogen and oxygen atoms in total. The molecule has 170 valence electrons. The van der Waals surface area contributed by atoms with E-state index in [0.717, 1.165) is 32.1 Å². The van der Waals surface area contributed by atoms with E-state index in [1.165, 1.54) is 18.6 Å². The van der Waals surface area contributed by atoms with Gasteiger partial charge in [-0.25, -0.2) is 8.78 Å². The smallest absolute Gasteiger partial charge is 0.251 e. The first kappa shape index (κ1) is 23.2. The van der Waals surface area contributed by atoms with Gasteiger partial charge in [-0.2, -0.15) is 8.78 Å². The highest BCUT2D eigenvalue weighted by molar-refractivity contribution is 5.35. The molecular formula is C24H34F4O2. The van der Waals surface area contributed by atoms with Crippen molar-refractivity contribution in [3.8, 4) is 11.5 Å². The van der Waals surface area contributed by atoms with E-state index in [1.807, 2.05) is 0 Å². The van der Waals surface area contributed by atoms with Gasteiger partial charge in [0.05, 0.1) is 13.2 Å². The van der Waals surface area contributed by atoms with Crippen molar-refractivity contribution in [3.63, 3.8) is 0 Å². The van der Waals surface area contributed by atoms with Crippen molar-refractivity contribution in [2.75, 3.05) is 13.2 Å². The van der Waals surface area contributed by atoms with Gasteiger partial charge in [-0.3, -0.25) is 0 Å². The van der Waals surface area contributed by atoms with Gasteiger partial charge in [0, 0.05) is 12.3 Å². The van der Waals surface area contributed by atoms with Crippen molar-refractivity contribution >= 4 is 0 Å². The number of alkyl halides is 2. The van der Waals surface area contributed by atoms with Gasteiger partial charge in [0.25, 0.3) is 5.92 Å². The van der Waals surface area contributed by atoms with Crippen molar-refractivity contribution < 1.29 is 27.0 Å². The summed E-state index contributed by atoms with van der Waals surface area (Å²) in [6.45, 7) is 4.04. The van der Waals surface area contributed by atoms with E-state index in [4.69, 9.17) is 9.47 Å². The van der Waals surface area contributed by atoms with Gasteiger partial charge >= 0.3 is 0 Å². The lowest BCUT2D eigenvalue weighted by Gasteiger charge is -2.42. The average Bonchev–Trinajstić information content (AvgIpc) is 2.71. The Hall–Kier alpha value is -1.46. The van der Waals surface area contributed by atoms with Crippen LogP contribution in [0.3, 0.4) is 0 Å². The lowest BCUT2D eigenvalue weighted by molar-refractivity contribution is -0.131. The lowest BCUT2D eigenvalue weighted by atomic mass is 9.67. The fourth-order valence-electron chi connectivity index (χ4n) is 5.38. The molecule has 2 aliphatic rings. The molecule has 0 spiro atoms. The van der Waals surface area contributed by atoms with E-state index >= 15 is 0 Å². The van der Waals surface area contributed by atoms with Gasteiger partial charge in [-0.15, -0.1) is 0 Å². The maximum absolute atomic E-state index is 14.9. The summed E-state index contributed by atoms with van der Waals surface area (Å²) in [5.41, 5.74) is 0. The summed E-state index contributed by atoms with van der Waals surface area (Å²) in [6.07, 6.45) is 7.19. The molecule has 0 aliphatic heterocycles. The molecule has 2 atom stereocenters. The minimum Gasteiger partial charge on any atom is -0.491 e. The summed E-state index contributed by atoms with van der Waals surface area (Å²) in [7, 11) is 0. The van der Waals surface area contributed by atoms with Crippen molar-refractivity contribution in [2.45, 2.75) is 77.6 Å².